The molecule has 0 bridgehead atoms. The lowest BCUT2D eigenvalue weighted by molar-refractivity contribution is 0.0315. The zero-order chi connectivity index (χ0) is 13.8. The van der Waals surface area contributed by atoms with Crippen molar-refractivity contribution in [2.45, 2.75) is 30.5 Å². The van der Waals surface area contributed by atoms with Gasteiger partial charge in [0.25, 0.3) is 0 Å². The first-order chi connectivity index (χ1) is 9.84. The summed E-state index contributed by atoms with van der Waals surface area (Å²) in [5.41, 5.74) is 1.10. The second kappa shape index (κ2) is 6.41. The molecule has 1 aliphatic rings. The first-order valence-corrected chi connectivity index (χ1v) is 8.02. The lowest BCUT2D eigenvalue weighted by atomic mass is 10.1. The quantitative estimate of drug-likeness (QED) is 0.811. The molecule has 0 unspecified atom stereocenters. The lowest BCUT2D eigenvalue weighted by Crippen LogP contribution is -2.21. The van der Waals surface area contributed by atoms with Gasteiger partial charge < -0.3 is 9.30 Å². The predicted octanol–water partition coefficient (Wildman–Crippen LogP) is 3.14. The third-order valence-corrected chi connectivity index (χ3v) is 4.69. The van der Waals surface area contributed by atoms with Crippen molar-refractivity contribution in [3.8, 4) is 11.4 Å². The number of benzene rings is 1. The summed E-state index contributed by atoms with van der Waals surface area (Å²) < 4.78 is 7.81. The van der Waals surface area contributed by atoms with Crippen molar-refractivity contribution in [3.63, 3.8) is 0 Å². The second-order valence-corrected chi connectivity index (χ2v) is 6.02. The smallest absolute Gasteiger partial charge is 0.191 e. The van der Waals surface area contributed by atoms with Gasteiger partial charge >= 0.3 is 0 Å². The van der Waals surface area contributed by atoms with Gasteiger partial charge in [0.2, 0.25) is 0 Å². The molecule has 2 aromatic rings. The van der Waals surface area contributed by atoms with E-state index in [-0.39, 0.29) is 0 Å². The number of hydrogen-bond donors (Lipinski definition) is 0. The Balaban J connectivity index is 1.67. The molecule has 0 aliphatic carbocycles. The monoisotopic (exact) mass is 289 g/mol. The van der Waals surface area contributed by atoms with E-state index in [0.717, 1.165) is 35.3 Å². The maximum atomic E-state index is 5.75. The second-order valence-electron chi connectivity index (χ2n) is 5.03. The minimum absolute atomic E-state index is 0.366. The third-order valence-electron chi connectivity index (χ3n) is 3.54. The summed E-state index contributed by atoms with van der Waals surface area (Å²) in [4.78, 5) is 0. The summed E-state index contributed by atoms with van der Waals surface area (Å²) in [6.45, 7) is 0.902. The van der Waals surface area contributed by atoms with Crippen LogP contribution < -0.4 is 0 Å². The van der Waals surface area contributed by atoms with E-state index < -0.39 is 0 Å². The number of aromatic nitrogens is 3. The highest BCUT2D eigenvalue weighted by atomic mass is 32.2. The van der Waals surface area contributed by atoms with Gasteiger partial charge in [-0.25, -0.2) is 0 Å². The summed E-state index contributed by atoms with van der Waals surface area (Å²) in [5.74, 6) is 1.87. The van der Waals surface area contributed by atoms with Crippen molar-refractivity contribution in [2.75, 3.05) is 12.4 Å². The van der Waals surface area contributed by atoms with Crippen LogP contribution in [0, 0.1) is 0 Å². The first kappa shape index (κ1) is 13.6. The molecule has 1 aromatic carbocycles. The van der Waals surface area contributed by atoms with Crippen LogP contribution in [-0.4, -0.2) is 33.2 Å². The number of thioether (sulfide) groups is 1. The summed E-state index contributed by atoms with van der Waals surface area (Å²) in [6.07, 6.45) is 4.00. The molecular formula is C15H19N3OS. The minimum Gasteiger partial charge on any atom is -0.377 e. The van der Waals surface area contributed by atoms with Crippen molar-refractivity contribution in [2.24, 2.45) is 7.05 Å². The Kier molecular flexibility index (Phi) is 4.38. The number of ether oxygens (including phenoxy) is 1. The molecule has 1 aliphatic heterocycles. The third kappa shape index (κ3) is 3.04. The maximum Gasteiger partial charge on any atom is 0.191 e. The SMILES string of the molecule is Cn1c(SC[C@H]2CCCCO2)nnc1-c1ccccc1. The van der Waals surface area contributed by atoms with Gasteiger partial charge in [0.15, 0.2) is 11.0 Å². The molecule has 0 saturated carbocycles. The molecule has 3 rings (SSSR count). The Bertz CT molecular complexity index is 550. The van der Waals surface area contributed by atoms with Crippen LogP contribution in [0.15, 0.2) is 35.5 Å². The average molecular weight is 289 g/mol. The summed E-state index contributed by atoms with van der Waals surface area (Å²) in [7, 11) is 2.02. The van der Waals surface area contributed by atoms with E-state index in [1.54, 1.807) is 11.8 Å². The summed E-state index contributed by atoms with van der Waals surface area (Å²) >= 11 is 1.73. The van der Waals surface area contributed by atoms with Crippen LogP contribution >= 0.6 is 11.8 Å². The number of rotatable bonds is 4. The van der Waals surface area contributed by atoms with Gasteiger partial charge in [-0.15, -0.1) is 10.2 Å². The maximum absolute atomic E-state index is 5.75. The van der Waals surface area contributed by atoms with Crippen LogP contribution in [0.4, 0.5) is 0 Å². The van der Waals surface area contributed by atoms with E-state index in [2.05, 4.69) is 26.9 Å². The van der Waals surface area contributed by atoms with Crippen LogP contribution in [0.25, 0.3) is 11.4 Å². The fourth-order valence-corrected chi connectivity index (χ4v) is 3.36. The number of hydrogen-bond acceptors (Lipinski definition) is 4. The lowest BCUT2D eigenvalue weighted by Gasteiger charge is -2.21. The normalized spacial score (nSPS) is 19.1. The van der Waals surface area contributed by atoms with Crippen molar-refractivity contribution in [1.82, 2.24) is 14.8 Å². The van der Waals surface area contributed by atoms with Crippen molar-refractivity contribution >= 4 is 11.8 Å². The van der Waals surface area contributed by atoms with Gasteiger partial charge in [-0.05, 0) is 19.3 Å². The van der Waals surface area contributed by atoms with E-state index in [4.69, 9.17) is 4.74 Å². The molecule has 106 valence electrons. The molecule has 1 atom stereocenters. The average Bonchev–Trinajstić information content (AvgIpc) is 2.88. The number of nitrogens with zero attached hydrogens (tertiary/aromatic N) is 3. The zero-order valence-corrected chi connectivity index (χ0v) is 12.5. The zero-order valence-electron chi connectivity index (χ0n) is 11.7. The van der Waals surface area contributed by atoms with Gasteiger partial charge in [-0.1, -0.05) is 42.1 Å². The Morgan fingerprint density at radius 1 is 1.25 bits per heavy atom. The minimum atomic E-state index is 0.366. The Hall–Kier alpha value is -1.33. The molecule has 20 heavy (non-hydrogen) atoms. The first-order valence-electron chi connectivity index (χ1n) is 7.04. The topological polar surface area (TPSA) is 39.9 Å². The van der Waals surface area contributed by atoms with Crippen LogP contribution in [-0.2, 0) is 11.8 Å². The van der Waals surface area contributed by atoms with Crippen molar-refractivity contribution in [3.05, 3.63) is 30.3 Å². The Morgan fingerprint density at radius 2 is 2.10 bits per heavy atom. The van der Waals surface area contributed by atoms with Gasteiger partial charge in [0.1, 0.15) is 0 Å². The van der Waals surface area contributed by atoms with Crippen molar-refractivity contribution in [1.29, 1.82) is 0 Å². The fraction of sp³-hybridized carbons (Fsp3) is 0.467. The Labute approximate surface area is 123 Å². The summed E-state index contributed by atoms with van der Waals surface area (Å²) in [5, 5.41) is 9.55. The predicted molar refractivity (Wildman–Crippen MR) is 80.8 cm³/mol. The molecule has 1 saturated heterocycles. The molecule has 0 spiro atoms. The highest BCUT2D eigenvalue weighted by Gasteiger charge is 2.17. The molecule has 1 fully saturated rings. The molecule has 4 nitrogen and oxygen atoms in total. The molecule has 0 N–H and O–H groups in total. The van der Waals surface area contributed by atoms with E-state index >= 15 is 0 Å². The molecule has 0 amide bonds. The van der Waals surface area contributed by atoms with E-state index in [0.29, 0.717) is 6.10 Å². The highest BCUT2D eigenvalue weighted by molar-refractivity contribution is 7.99. The molecule has 1 aromatic heterocycles. The molecule has 5 heteroatoms. The highest BCUT2D eigenvalue weighted by Crippen LogP contribution is 2.25. The van der Waals surface area contributed by atoms with Crippen molar-refractivity contribution < 1.29 is 4.74 Å². The largest absolute Gasteiger partial charge is 0.377 e. The molecule has 2 heterocycles. The van der Waals surface area contributed by atoms with Crippen LogP contribution in [0.5, 0.6) is 0 Å². The van der Waals surface area contributed by atoms with E-state index in [1.165, 1.54) is 12.8 Å². The standard InChI is InChI=1S/C15H19N3OS/c1-18-14(12-7-3-2-4-8-12)16-17-15(18)20-11-13-9-5-6-10-19-13/h2-4,7-8,13H,5-6,9-11H2,1H3/t13-/m1/s1. The van der Waals surface area contributed by atoms with E-state index in [1.807, 2.05) is 25.2 Å². The molecule has 0 radical (unpaired) electrons. The van der Waals surface area contributed by atoms with Crippen LogP contribution in [0.3, 0.4) is 0 Å². The molecular weight excluding hydrogens is 270 g/mol. The van der Waals surface area contributed by atoms with Gasteiger partial charge in [-0.3, -0.25) is 0 Å². The summed E-state index contributed by atoms with van der Waals surface area (Å²) in [6, 6.07) is 10.2. The van der Waals surface area contributed by atoms with Gasteiger partial charge in [0.05, 0.1) is 6.10 Å². The van der Waals surface area contributed by atoms with E-state index in [9.17, 15) is 0 Å². The van der Waals surface area contributed by atoms with Crippen LogP contribution in [0.1, 0.15) is 19.3 Å². The van der Waals surface area contributed by atoms with Gasteiger partial charge in [-0.2, -0.15) is 0 Å². The fourth-order valence-electron chi connectivity index (χ4n) is 2.39. The Morgan fingerprint density at radius 3 is 2.85 bits per heavy atom. The van der Waals surface area contributed by atoms with Gasteiger partial charge in [0, 0.05) is 25.0 Å². The van der Waals surface area contributed by atoms with Crippen LogP contribution in [0.2, 0.25) is 0 Å².